The van der Waals surface area contributed by atoms with Crippen molar-refractivity contribution in [3.63, 3.8) is 0 Å². The number of carbonyl (C=O) groups is 1. The van der Waals surface area contributed by atoms with Crippen LogP contribution in [0.2, 0.25) is 0 Å². The minimum Gasteiger partial charge on any atom is -0.465 e. The van der Waals surface area contributed by atoms with E-state index < -0.39 is 0 Å². The predicted molar refractivity (Wildman–Crippen MR) is 102 cm³/mol. The summed E-state index contributed by atoms with van der Waals surface area (Å²) in [4.78, 5) is 35.7. The van der Waals surface area contributed by atoms with Crippen molar-refractivity contribution in [2.45, 2.75) is 6.67 Å². The fourth-order valence-electron chi connectivity index (χ4n) is 2.80. The first-order chi connectivity index (χ1) is 13.2. The molecule has 27 heavy (non-hydrogen) atoms. The quantitative estimate of drug-likeness (QED) is 0.633. The number of carbonyl (C=O) groups excluding carboxylic acids is 1. The van der Waals surface area contributed by atoms with Crippen LogP contribution < -0.4 is 19.8 Å². The van der Waals surface area contributed by atoms with E-state index in [2.05, 4.69) is 9.98 Å². The topological polar surface area (TPSA) is 76.8 Å². The molecule has 0 atom stereocenters. The molecule has 0 bridgehead atoms. The van der Waals surface area contributed by atoms with Crippen LogP contribution in [0.25, 0.3) is 6.08 Å². The van der Waals surface area contributed by atoms with Crippen LogP contribution in [0.3, 0.4) is 0 Å². The minimum atomic E-state index is -0.379. The summed E-state index contributed by atoms with van der Waals surface area (Å²) in [5, 5.41) is 0. The van der Waals surface area contributed by atoms with Crippen molar-refractivity contribution in [2.24, 2.45) is 4.99 Å². The molecule has 1 aliphatic rings. The molecule has 4 rings (SSSR count). The molecule has 7 nitrogen and oxygen atoms in total. The third-order valence-corrected chi connectivity index (χ3v) is 5.24. The maximum absolute atomic E-state index is 12.7. The smallest absolute Gasteiger partial charge is 0.337 e. The first kappa shape index (κ1) is 17.2. The van der Waals surface area contributed by atoms with E-state index in [1.165, 1.54) is 18.4 Å². The summed E-state index contributed by atoms with van der Waals surface area (Å²) >= 11 is 1.36. The van der Waals surface area contributed by atoms with Crippen molar-refractivity contribution in [1.82, 2.24) is 9.55 Å². The van der Waals surface area contributed by atoms with E-state index in [0.29, 0.717) is 28.2 Å². The van der Waals surface area contributed by atoms with Gasteiger partial charge in [0.25, 0.3) is 5.56 Å². The van der Waals surface area contributed by atoms with Gasteiger partial charge in [0.15, 0.2) is 4.80 Å². The third-order valence-electron chi connectivity index (χ3n) is 4.20. The van der Waals surface area contributed by atoms with Crippen molar-refractivity contribution < 1.29 is 9.53 Å². The van der Waals surface area contributed by atoms with E-state index >= 15 is 0 Å². The van der Waals surface area contributed by atoms with E-state index in [1.54, 1.807) is 29.0 Å². The summed E-state index contributed by atoms with van der Waals surface area (Å²) in [5.74, 6) is -0.379. The third kappa shape index (κ3) is 3.39. The van der Waals surface area contributed by atoms with Gasteiger partial charge in [-0.25, -0.2) is 9.79 Å². The summed E-state index contributed by atoms with van der Waals surface area (Å²) in [6.07, 6.45) is 3.48. The number of nitrogens with zero attached hydrogens (tertiary/aromatic N) is 4. The Morgan fingerprint density at radius 1 is 1.22 bits per heavy atom. The molecule has 0 saturated heterocycles. The molecule has 2 aromatic heterocycles. The van der Waals surface area contributed by atoms with Crippen LogP contribution >= 0.6 is 11.3 Å². The zero-order valence-corrected chi connectivity index (χ0v) is 15.3. The van der Waals surface area contributed by atoms with Crippen LogP contribution in [0.4, 0.5) is 5.69 Å². The number of aromatic nitrogens is 2. The highest BCUT2D eigenvalue weighted by Gasteiger charge is 2.16. The number of methoxy groups -OCH3 is 1. The van der Waals surface area contributed by atoms with Crippen molar-refractivity contribution in [3.05, 3.63) is 79.6 Å². The van der Waals surface area contributed by atoms with Crippen molar-refractivity contribution >= 4 is 29.1 Å². The Hall–Kier alpha value is -3.26. The molecule has 3 aromatic rings. The molecule has 0 spiro atoms. The van der Waals surface area contributed by atoms with Gasteiger partial charge in [-0.2, -0.15) is 0 Å². The number of hydrogen-bond donors (Lipinski definition) is 0. The minimum absolute atomic E-state index is 0.0831. The second kappa shape index (κ2) is 7.16. The largest absolute Gasteiger partial charge is 0.465 e. The standard InChI is InChI=1S/C19H16N4O3S/c1-26-18(25)13-5-7-15(8-6-13)22-11-21-19-23(12-22)17(24)16(27-19)10-14-4-2-3-9-20-14/h2-10H,11-12H2,1H3. The maximum Gasteiger partial charge on any atom is 0.337 e. The number of rotatable bonds is 3. The van der Waals surface area contributed by atoms with Gasteiger partial charge in [0.05, 0.1) is 22.9 Å². The number of pyridine rings is 1. The molecule has 3 heterocycles. The zero-order valence-electron chi connectivity index (χ0n) is 14.5. The van der Waals surface area contributed by atoms with E-state index in [0.717, 1.165) is 11.4 Å². The van der Waals surface area contributed by atoms with E-state index in [-0.39, 0.29) is 11.5 Å². The van der Waals surface area contributed by atoms with Crippen LogP contribution in [-0.2, 0) is 11.4 Å². The van der Waals surface area contributed by atoms with Crippen LogP contribution in [-0.4, -0.2) is 29.3 Å². The summed E-state index contributed by atoms with van der Waals surface area (Å²) in [6.45, 7) is 0.850. The average molecular weight is 380 g/mol. The maximum atomic E-state index is 12.7. The first-order valence-electron chi connectivity index (χ1n) is 8.26. The normalized spacial score (nSPS) is 13.8. The van der Waals surface area contributed by atoms with Gasteiger partial charge in [-0.15, -0.1) is 0 Å². The van der Waals surface area contributed by atoms with E-state index in [9.17, 15) is 9.59 Å². The van der Waals surface area contributed by atoms with Crippen molar-refractivity contribution in [1.29, 1.82) is 0 Å². The van der Waals surface area contributed by atoms with E-state index in [4.69, 9.17) is 4.74 Å². The van der Waals surface area contributed by atoms with Gasteiger partial charge in [0.2, 0.25) is 0 Å². The van der Waals surface area contributed by atoms with Crippen molar-refractivity contribution in [3.8, 4) is 0 Å². The lowest BCUT2D eigenvalue weighted by Crippen LogP contribution is -2.42. The van der Waals surface area contributed by atoms with Gasteiger partial charge in [-0.3, -0.25) is 14.3 Å². The number of esters is 1. The molecular weight excluding hydrogens is 364 g/mol. The molecule has 1 aromatic carbocycles. The van der Waals surface area contributed by atoms with Gasteiger partial charge >= 0.3 is 5.97 Å². The summed E-state index contributed by atoms with van der Waals surface area (Å²) in [5.41, 5.74) is 2.02. The number of hydrogen-bond acceptors (Lipinski definition) is 7. The number of thiazole rings is 1. The molecule has 0 N–H and O–H groups in total. The Labute approximate surface area is 158 Å². The number of ether oxygens (including phenoxy) is 1. The van der Waals surface area contributed by atoms with Crippen LogP contribution in [0.5, 0.6) is 0 Å². The fourth-order valence-corrected chi connectivity index (χ4v) is 3.74. The molecule has 8 heteroatoms. The Bertz CT molecular complexity index is 1150. The summed E-state index contributed by atoms with van der Waals surface area (Å²) in [6, 6.07) is 12.6. The molecule has 0 radical (unpaired) electrons. The Balaban J connectivity index is 1.63. The van der Waals surface area contributed by atoms with Crippen molar-refractivity contribution in [2.75, 3.05) is 18.7 Å². The first-order valence-corrected chi connectivity index (χ1v) is 9.07. The molecule has 0 fully saturated rings. The Morgan fingerprint density at radius 2 is 2.04 bits per heavy atom. The molecule has 0 saturated carbocycles. The highest BCUT2D eigenvalue weighted by Crippen LogP contribution is 2.17. The fraction of sp³-hybridized carbons (Fsp3) is 0.158. The van der Waals surface area contributed by atoms with Gasteiger partial charge in [0, 0.05) is 11.9 Å². The number of benzene rings is 1. The second-order valence-corrected chi connectivity index (χ2v) is 6.91. The second-order valence-electron chi connectivity index (χ2n) is 5.90. The summed E-state index contributed by atoms with van der Waals surface area (Å²) in [7, 11) is 1.35. The SMILES string of the molecule is COC(=O)c1ccc(N2CN=c3sc(=Cc4ccccn4)c(=O)n3C2)cc1. The lowest BCUT2D eigenvalue weighted by molar-refractivity contribution is 0.0601. The average Bonchev–Trinajstić information content (AvgIpc) is 3.03. The molecule has 0 aliphatic carbocycles. The monoisotopic (exact) mass is 380 g/mol. The number of anilines is 1. The molecule has 1 aliphatic heterocycles. The Morgan fingerprint density at radius 3 is 2.74 bits per heavy atom. The predicted octanol–water partition coefficient (Wildman–Crippen LogP) is 0.975. The Kier molecular flexibility index (Phi) is 4.55. The van der Waals surface area contributed by atoms with Crippen LogP contribution in [0.15, 0.2) is 58.4 Å². The molecule has 0 amide bonds. The van der Waals surface area contributed by atoms with Gasteiger partial charge < -0.3 is 9.64 Å². The van der Waals surface area contributed by atoms with Crippen LogP contribution in [0.1, 0.15) is 16.1 Å². The lowest BCUT2D eigenvalue weighted by Gasteiger charge is -2.25. The number of fused-ring (bicyclic) bond motifs is 1. The highest BCUT2D eigenvalue weighted by molar-refractivity contribution is 7.07. The highest BCUT2D eigenvalue weighted by atomic mass is 32.1. The van der Waals surface area contributed by atoms with Gasteiger partial charge in [0.1, 0.15) is 13.3 Å². The zero-order chi connectivity index (χ0) is 18.8. The lowest BCUT2D eigenvalue weighted by atomic mass is 10.2. The summed E-state index contributed by atoms with van der Waals surface area (Å²) < 4.78 is 6.97. The molecule has 136 valence electrons. The molecule has 0 unspecified atom stereocenters. The van der Waals surface area contributed by atoms with Crippen LogP contribution in [0, 0.1) is 0 Å². The van der Waals surface area contributed by atoms with Gasteiger partial charge in [-0.1, -0.05) is 17.4 Å². The van der Waals surface area contributed by atoms with E-state index in [1.807, 2.05) is 35.2 Å². The van der Waals surface area contributed by atoms with Gasteiger partial charge in [-0.05, 0) is 42.5 Å². The molecular formula is C19H16N4O3S.